The number of ether oxygens (including phenoxy) is 1. The zero-order valence-electron chi connectivity index (χ0n) is 10.6. The van der Waals surface area contributed by atoms with Crippen LogP contribution in [-0.2, 0) is 11.2 Å². The zero-order valence-corrected chi connectivity index (χ0v) is 10.6. The first-order valence-corrected chi connectivity index (χ1v) is 6.79. The standard InChI is InChI=1S/C15H23NO/c1-3-7-15(8-4-1)9-5-2-6-10-16-11-13-17-14-12-16/h1,3-4,7-8H,2,5-6,9-14H2. The Kier molecular flexibility index (Phi) is 5.53. The summed E-state index contributed by atoms with van der Waals surface area (Å²) >= 11 is 0. The van der Waals surface area contributed by atoms with Crippen LogP contribution in [0.5, 0.6) is 0 Å². The van der Waals surface area contributed by atoms with Crippen LogP contribution in [0.15, 0.2) is 30.3 Å². The molecule has 0 aromatic heterocycles. The minimum atomic E-state index is 0.921. The summed E-state index contributed by atoms with van der Waals surface area (Å²) in [5.74, 6) is 0. The minimum Gasteiger partial charge on any atom is -0.379 e. The third-order valence-corrected chi connectivity index (χ3v) is 3.39. The lowest BCUT2D eigenvalue weighted by Crippen LogP contribution is -2.36. The average Bonchev–Trinajstić information content (AvgIpc) is 2.41. The van der Waals surface area contributed by atoms with Crippen LogP contribution in [0, 0.1) is 0 Å². The summed E-state index contributed by atoms with van der Waals surface area (Å²) in [6.45, 7) is 5.34. The van der Waals surface area contributed by atoms with E-state index in [4.69, 9.17) is 4.74 Å². The van der Waals surface area contributed by atoms with Gasteiger partial charge in [0.25, 0.3) is 0 Å². The maximum atomic E-state index is 5.34. The summed E-state index contributed by atoms with van der Waals surface area (Å²) in [5, 5.41) is 0. The van der Waals surface area contributed by atoms with Crippen LogP contribution >= 0.6 is 0 Å². The van der Waals surface area contributed by atoms with Gasteiger partial charge in [0.2, 0.25) is 0 Å². The van der Waals surface area contributed by atoms with Crippen LogP contribution in [0.3, 0.4) is 0 Å². The van der Waals surface area contributed by atoms with Gasteiger partial charge in [0, 0.05) is 13.1 Å². The summed E-state index contributed by atoms with van der Waals surface area (Å²) in [5.41, 5.74) is 1.47. The highest BCUT2D eigenvalue weighted by atomic mass is 16.5. The molecule has 0 saturated carbocycles. The van der Waals surface area contributed by atoms with Gasteiger partial charge in [-0.25, -0.2) is 0 Å². The number of aryl methyl sites for hydroxylation is 1. The van der Waals surface area contributed by atoms with Crippen molar-refractivity contribution in [3.8, 4) is 0 Å². The van der Waals surface area contributed by atoms with E-state index in [1.54, 1.807) is 0 Å². The van der Waals surface area contributed by atoms with Crippen molar-refractivity contribution in [1.29, 1.82) is 0 Å². The van der Waals surface area contributed by atoms with Gasteiger partial charge in [-0.2, -0.15) is 0 Å². The summed E-state index contributed by atoms with van der Waals surface area (Å²) in [6, 6.07) is 10.8. The van der Waals surface area contributed by atoms with Gasteiger partial charge in [-0.1, -0.05) is 36.8 Å². The van der Waals surface area contributed by atoms with Gasteiger partial charge >= 0.3 is 0 Å². The molecule has 0 radical (unpaired) electrons. The molecule has 2 nitrogen and oxygen atoms in total. The van der Waals surface area contributed by atoms with Crippen molar-refractivity contribution in [2.24, 2.45) is 0 Å². The lowest BCUT2D eigenvalue weighted by atomic mass is 10.1. The molecule has 1 aromatic rings. The lowest BCUT2D eigenvalue weighted by Gasteiger charge is -2.26. The quantitative estimate of drug-likeness (QED) is 0.701. The molecule has 0 amide bonds. The van der Waals surface area contributed by atoms with E-state index in [9.17, 15) is 0 Å². The SMILES string of the molecule is c1ccc(CCCCCN2CCOCC2)cc1. The van der Waals surface area contributed by atoms with Gasteiger partial charge in [-0.15, -0.1) is 0 Å². The predicted octanol–water partition coefficient (Wildman–Crippen LogP) is 2.73. The van der Waals surface area contributed by atoms with Gasteiger partial charge in [0.05, 0.1) is 13.2 Å². The molecule has 94 valence electrons. The van der Waals surface area contributed by atoms with Crippen molar-refractivity contribution in [2.75, 3.05) is 32.8 Å². The Morgan fingerprint density at radius 1 is 0.941 bits per heavy atom. The lowest BCUT2D eigenvalue weighted by molar-refractivity contribution is 0.0371. The van der Waals surface area contributed by atoms with Crippen molar-refractivity contribution < 1.29 is 4.74 Å². The Labute approximate surface area is 105 Å². The van der Waals surface area contributed by atoms with Crippen LogP contribution in [0.2, 0.25) is 0 Å². The average molecular weight is 233 g/mol. The molecule has 1 heterocycles. The molecule has 2 heteroatoms. The maximum Gasteiger partial charge on any atom is 0.0594 e. The number of morpholine rings is 1. The summed E-state index contributed by atoms with van der Waals surface area (Å²) in [6.07, 6.45) is 5.21. The summed E-state index contributed by atoms with van der Waals surface area (Å²) in [4.78, 5) is 2.52. The van der Waals surface area contributed by atoms with Gasteiger partial charge in [0.1, 0.15) is 0 Å². The molecule has 0 aliphatic carbocycles. The van der Waals surface area contributed by atoms with Gasteiger partial charge < -0.3 is 4.74 Å². The Balaban J connectivity index is 1.51. The molecule has 0 bridgehead atoms. The largest absolute Gasteiger partial charge is 0.379 e. The molecule has 1 fully saturated rings. The van der Waals surface area contributed by atoms with E-state index in [-0.39, 0.29) is 0 Å². The maximum absolute atomic E-state index is 5.34. The van der Waals surface area contributed by atoms with Gasteiger partial charge in [-0.3, -0.25) is 4.90 Å². The third-order valence-electron chi connectivity index (χ3n) is 3.39. The second kappa shape index (κ2) is 7.46. The number of hydrogen-bond acceptors (Lipinski definition) is 2. The Morgan fingerprint density at radius 2 is 1.71 bits per heavy atom. The first-order valence-electron chi connectivity index (χ1n) is 6.79. The minimum absolute atomic E-state index is 0.921. The third kappa shape index (κ3) is 4.88. The van der Waals surface area contributed by atoms with Gasteiger partial charge in [-0.05, 0) is 31.4 Å². The Morgan fingerprint density at radius 3 is 2.47 bits per heavy atom. The Bertz CT molecular complexity index is 293. The molecule has 1 aliphatic rings. The molecule has 17 heavy (non-hydrogen) atoms. The zero-order chi connectivity index (χ0) is 11.8. The highest BCUT2D eigenvalue weighted by molar-refractivity contribution is 5.14. The first-order chi connectivity index (χ1) is 8.45. The fraction of sp³-hybridized carbons (Fsp3) is 0.600. The van der Waals surface area contributed by atoms with Crippen LogP contribution < -0.4 is 0 Å². The van der Waals surface area contributed by atoms with Gasteiger partial charge in [0.15, 0.2) is 0 Å². The number of unbranched alkanes of at least 4 members (excludes halogenated alkanes) is 2. The number of hydrogen-bond donors (Lipinski definition) is 0. The monoisotopic (exact) mass is 233 g/mol. The normalized spacial score (nSPS) is 17.2. The van der Waals surface area contributed by atoms with E-state index in [1.165, 1.54) is 37.8 Å². The molecule has 0 atom stereocenters. The molecule has 0 spiro atoms. The molecular weight excluding hydrogens is 210 g/mol. The number of benzene rings is 1. The van der Waals surface area contributed by atoms with E-state index in [2.05, 4.69) is 35.2 Å². The number of nitrogens with zero attached hydrogens (tertiary/aromatic N) is 1. The van der Waals surface area contributed by atoms with Crippen molar-refractivity contribution in [3.63, 3.8) is 0 Å². The topological polar surface area (TPSA) is 12.5 Å². The molecule has 1 aliphatic heterocycles. The van der Waals surface area contributed by atoms with E-state index >= 15 is 0 Å². The highest BCUT2D eigenvalue weighted by Gasteiger charge is 2.08. The summed E-state index contributed by atoms with van der Waals surface area (Å²) < 4.78 is 5.34. The molecule has 0 unspecified atom stereocenters. The van der Waals surface area contributed by atoms with Crippen LogP contribution in [0.25, 0.3) is 0 Å². The second-order valence-corrected chi connectivity index (χ2v) is 4.75. The van der Waals surface area contributed by atoms with E-state index < -0.39 is 0 Å². The van der Waals surface area contributed by atoms with Crippen molar-refractivity contribution >= 4 is 0 Å². The molecule has 2 rings (SSSR count). The predicted molar refractivity (Wildman–Crippen MR) is 71.3 cm³/mol. The molecule has 1 saturated heterocycles. The Hall–Kier alpha value is -0.860. The summed E-state index contributed by atoms with van der Waals surface area (Å²) in [7, 11) is 0. The van der Waals surface area contributed by atoms with E-state index in [1.807, 2.05) is 0 Å². The van der Waals surface area contributed by atoms with Crippen molar-refractivity contribution in [3.05, 3.63) is 35.9 Å². The molecule has 1 aromatic carbocycles. The highest BCUT2D eigenvalue weighted by Crippen LogP contribution is 2.07. The molecular formula is C15H23NO. The van der Waals surface area contributed by atoms with Crippen LogP contribution in [-0.4, -0.2) is 37.7 Å². The fourth-order valence-electron chi connectivity index (χ4n) is 2.31. The number of rotatable bonds is 6. The second-order valence-electron chi connectivity index (χ2n) is 4.75. The van der Waals surface area contributed by atoms with Crippen molar-refractivity contribution in [2.45, 2.75) is 25.7 Å². The molecule has 0 N–H and O–H groups in total. The van der Waals surface area contributed by atoms with E-state index in [0.29, 0.717) is 0 Å². The smallest absolute Gasteiger partial charge is 0.0594 e. The van der Waals surface area contributed by atoms with Crippen molar-refractivity contribution in [1.82, 2.24) is 4.90 Å². The first kappa shape index (κ1) is 12.6. The van der Waals surface area contributed by atoms with Crippen LogP contribution in [0.4, 0.5) is 0 Å². The fourth-order valence-corrected chi connectivity index (χ4v) is 2.31. The van der Waals surface area contributed by atoms with Crippen LogP contribution in [0.1, 0.15) is 24.8 Å². The van der Waals surface area contributed by atoms with E-state index in [0.717, 1.165) is 26.3 Å².